The molecule has 1 aromatic heterocycles. The van der Waals surface area contributed by atoms with E-state index in [1.165, 1.54) is 24.4 Å². The maximum Gasteiger partial charge on any atom is 0.328 e. The van der Waals surface area contributed by atoms with Crippen LogP contribution in [0.5, 0.6) is 0 Å². The number of esters is 1. The van der Waals surface area contributed by atoms with E-state index in [2.05, 4.69) is 55.2 Å². The summed E-state index contributed by atoms with van der Waals surface area (Å²) < 4.78 is 7.02. The zero-order chi connectivity index (χ0) is 25.2. The number of carbonyl (C=O) groups excluding carboxylic acids is 2. The SMILES string of the molecule is CCn1c(SCC(=O)N2Cc3ccccc3C[C@@H]2C(=O)OC)nnc1-c1ccc(C(C)(C)C)cc1. The third-order valence-corrected chi connectivity index (χ3v) is 7.36. The second kappa shape index (κ2) is 10.2. The molecule has 0 aliphatic carbocycles. The van der Waals surface area contributed by atoms with Crippen LogP contribution >= 0.6 is 11.8 Å². The van der Waals surface area contributed by atoms with Crippen LogP contribution < -0.4 is 0 Å². The Bertz CT molecular complexity index is 1210. The number of hydrogen-bond acceptors (Lipinski definition) is 6. The average Bonchev–Trinajstić information content (AvgIpc) is 3.28. The molecule has 0 spiro atoms. The molecular formula is C27H32N4O3S. The van der Waals surface area contributed by atoms with Crippen molar-refractivity contribution in [2.75, 3.05) is 12.9 Å². The van der Waals surface area contributed by atoms with Crippen molar-refractivity contribution in [3.8, 4) is 11.4 Å². The minimum absolute atomic E-state index is 0.0787. The number of aromatic nitrogens is 3. The molecule has 1 aliphatic rings. The summed E-state index contributed by atoms with van der Waals surface area (Å²) in [6.07, 6.45) is 0.457. The third-order valence-electron chi connectivity index (χ3n) is 6.41. The summed E-state index contributed by atoms with van der Waals surface area (Å²) in [4.78, 5) is 27.3. The van der Waals surface area contributed by atoms with E-state index in [0.717, 1.165) is 22.5 Å². The summed E-state index contributed by atoms with van der Waals surface area (Å²) in [6, 6.07) is 15.7. The van der Waals surface area contributed by atoms with Crippen molar-refractivity contribution in [2.24, 2.45) is 0 Å². The molecule has 7 nitrogen and oxygen atoms in total. The second-order valence-corrected chi connectivity index (χ2v) is 10.6. The number of benzene rings is 2. The molecule has 8 heteroatoms. The molecule has 4 rings (SSSR count). The number of ether oxygens (including phenoxy) is 1. The first-order chi connectivity index (χ1) is 16.7. The van der Waals surface area contributed by atoms with E-state index in [9.17, 15) is 9.59 Å². The summed E-state index contributed by atoms with van der Waals surface area (Å²) in [7, 11) is 1.36. The molecule has 0 radical (unpaired) electrons. The minimum Gasteiger partial charge on any atom is -0.467 e. The first kappa shape index (κ1) is 25.0. The number of nitrogens with zero attached hydrogens (tertiary/aromatic N) is 4. The lowest BCUT2D eigenvalue weighted by Crippen LogP contribution is -2.49. The fourth-order valence-electron chi connectivity index (χ4n) is 4.35. The predicted molar refractivity (Wildman–Crippen MR) is 137 cm³/mol. The summed E-state index contributed by atoms with van der Waals surface area (Å²) in [5.74, 6) is 0.427. The minimum atomic E-state index is -0.621. The van der Waals surface area contributed by atoms with Gasteiger partial charge in [-0.05, 0) is 29.0 Å². The maximum absolute atomic E-state index is 13.3. The number of thioether (sulfide) groups is 1. The molecular weight excluding hydrogens is 460 g/mol. The van der Waals surface area contributed by atoms with Crippen LogP contribution in [-0.2, 0) is 39.3 Å². The zero-order valence-corrected chi connectivity index (χ0v) is 21.8. The molecule has 1 aliphatic heterocycles. The van der Waals surface area contributed by atoms with Crippen molar-refractivity contribution >= 4 is 23.6 Å². The van der Waals surface area contributed by atoms with Crippen LogP contribution in [0.2, 0.25) is 0 Å². The van der Waals surface area contributed by atoms with Crippen LogP contribution in [0.25, 0.3) is 11.4 Å². The van der Waals surface area contributed by atoms with Gasteiger partial charge in [0.1, 0.15) is 6.04 Å². The zero-order valence-electron chi connectivity index (χ0n) is 20.9. The average molecular weight is 493 g/mol. The van der Waals surface area contributed by atoms with Crippen molar-refractivity contribution in [2.45, 2.75) is 63.8 Å². The molecule has 0 unspecified atom stereocenters. The van der Waals surface area contributed by atoms with Crippen molar-refractivity contribution in [3.05, 3.63) is 65.2 Å². The molecule has 1 amide bonds. The van der Waals surface area contributed by atoms with Crippen molar-refractivity contribution < 1.29 is 14.3 Å². The number of amides is 1. The Morgan fingerprint density at radius 3 is 2.37 bits per heavy atom. The molecule has 0 N–H and O–H groups in total. The van der Waals surface area contributed by atoms with Gasteiger partial charge < -0.3 is 14.2 Å². The quantitative estimate of drug-likeness (QED) is 0.373. The highest BCUT2D eigenvalue weighted by atomic mass is 32.2. The topological polar surface area (TPSA) is 77.3 Å². The highest BCUT2D eigenvalue weighted by Crippen LogP contribution is 2.29. The molecule has 0 saturated heterocycles. The van der Waals surface area contributed by atoms with Crippen LogP contribution in [0.4, 0.5) is 0 Å². The summed E-state index contributed by atoms with van der Waals surface area (Å²) in [5.41, 5.74) is 4.46. The Kier molecular flexibility index (Phi) is 7.31. The Hall–Kier alpha value is -3.13. The van der Waals surface area contributed by atoms with E-state index in [0.29, 0.717) is 24.7 Å². The maximum atomic E-state index is 13.3. The van der Waals surface area contributed by atoms with Gasteiger partial charge >= 0.3 is 5.97 Å². The number of hydrogen-bond donors (Lipinski definition) is 0. The lowest BCUT2D eigenvalue weighted by Gasteiger charge is -2.35. The van der Waals surface area contributed by atoms with E-state index in [-0.39, 0.29) is 17.1 Å². The smallest absolute Gasteiger partial charge is 0.328 e. The van der Waals surface area contributed by atoms with Crippen molar-refractivity contribution in [1.29, 1.82) is 0 Å². The van der Waals surface area contributed by atoms with Gasteiger partial charge in [-0.15, -0.1) is 10.2 Å². The Balaban J connectivity index is 1.51. The van der Waals surface area contributed by atoms with Gasteiger partial charge in [0.25, 0.3) is 0 Å². The molecule has 0 bridgehead atoms. The Morgan fingerprint density at radius 1 is 1.06 bits per heavy atom. The standard InChI is InChI=1S/C27H32N4O3S/c1-6-30-24(18-11-13-21(14-12-18)27(2,3)4)28-29-26(30)35-17-23(32)31-16-20-10-8-7-9-19(20)15-22(31)25(33)34-5/h7-14,22H,6,15-17H2,1-5H3/t22-/m1/s1. The molecule has 0 saturated carbocycles. The Morgan fingerprint density at radius 2 is 1.74 bits per heavy atom. The van der Waals surface area contributed by atoms with Gasteiger partial charge in [0.2, 0.25) is 5.91 Å². The number of fused-ring (bicyclic) bond motifs is 1. The molecule has 3 aromatic rings. The summed E-state index contributed by atoms with van der Waals surface area (Å²) in [6.45, 7) is 9.68. The molecule has 184 valence electrons. The molecule has 1 atom stereocenters. The highest BCUT2D eigenvalue weighted by molar-refractivity contribution is 7.99. The van der Waals surface area contributed by atoms with Crippen LogP contribution in [0.15, 0.2) is 53.7 Å². The summed E-state index contributed by atoms with van der Waals surface area (Å²) >= 11 is 1.34. The van der Waals surface area contributed by atoms with E-state index < -0.39 is 12.0 Å². The fraction of sp³-hybridized carbons (Fsp3) is 0.407. The van der Waals surface area contributed by atoms with Crippen LogP contribution in [0.3, 0.4) is 0 Å². The van der Waals surface area contributed by atoms with E-state index in [4.69, 9.17) is 4.74 Å². The Labute approximate surface area is 210 Å². The van der Waals surface area contributed by atoms with E-state index in [1.54, 1.807) is 4.90 Å². The van der Waals surface area contributed by atoms with E-state index >= 15 is 0 Å². The summed E-state index contributed by atoms with van der Waals surface area (Å²) in [5, 5.41) is 9.47. The normalized spacial score (nSPS) is 15.6. The first-order valence-electron chi connectivity index (χ1n) is 11.8. The lowest BCUT2D eigenvalue weighted by molar-refractivity contribution is -0.153. The number of rotatable bonds is 6. The number of carbonyl (C=O) groups is 2. The van der Waals surface area contributed by atoms with E-state index in [1.807, 2.05) is 35.8 Å². The molecule has 2 aromatic carbocycles. The highest BCUT2D eigenvalue weighted by Gasteiger charge is 2.35. The monoisotopic (exact) mass is 492 g/mol. The first-order valence-corrected chi connectivity index (χ1v) is 12.8. The van der Waals surface area contributed by atoms with Gasteiger partial charge in [0.15, 0.2) is 11.0 Å². The largest absolute Gasteiger partial charge is 0.467 e. The van der Waals surface area contributed by atoms with Crippen molar-refractivity contribution in [1.82, 2.24) is 19.7 Å². The van der Waals surface area contributed by atoms with Gasteiger partial charge in [0.05, 0.1) is 12.9 Å². The van der Waals surface area contributed by atoms with Crippen molar-refractivity contribution in [3.63, 3.8) is 0 Å². The second-order valence-electron chi connectivity index (χ2n) is 9.70. The predicted octanol–water partition coefficient (Wildman–Crippen LogP) is 4.48. The van der Waals surface area contributed by atoms with Crippen LogP contribution in [0.1, 0.15) is 44.4 Å². The molecule has 2 heterocycles. The van der Waals surface area contributed by atoms with Gasteiger partial charge in [-0.3, -0.25) is 4.79 Å². The van der Waals surface area contributed by atoms with Gasteiger partial charge in [-0.25, -0.2) is 4.79 Å². The van der Waals surface area contributed by atoms with Gasteiger partial charge in [-0.2, -0.15) is 0 Å². The molecule has 0 fully saturated rings. The molecule has 35 heavy (non-hydrogen) atoms. The fourth-order valence-corrected chi connectivity index (χ4v) is 5.24. The van der Waals surface area contributed by atoms with Crippen LogP contribution in [0, 0.1) is 0 Å². The number of methoxy groups -OCH3 is 1. The van der Waals surface area contributed by atoms with Gasteiger partial charge in [-0.1, -0.05) is 81.1 Å². The lowest BCUT2D eigenvalue weighted by atomic mass is 9.87. The van der Waals surface area contributed by atoms with Crippen LogP contribution in [-0.4, -0.2) is 50.4 Å². The third kappa shape index (κ3) is 5.27. The van der Waals surface area contributed by atoms with Gasteiger partial charge in [0, 0.05) is 25.1 Å².